The van der Waals surface area contributed by atoms with Gasteiger partial charge in [0, 0.05) is 8.95 Å². The Morgan fingerprint density at radius 3 is 2.05 bits per heavy atom. The minimum absolute atomic E-state index is 0.146. The van der Waals surface area contributed by atoms with Crippen LogP contribution >= 0.6 is 43.5 Å². The highest BCUT2D eigenvalue weighted by molar-refractivity contribution is 9.11. The van der Waals surface area contributed by atoms with Crippen molar-refractivity contribution in [2.24, 2.45) is 0 Å². The molecule has 0 heterocycles. The fourth-order valence-electron chi connectivity index (χ4n) is 2.24. The van der Waals surface area contributed by atoms with Gasteiger partial charge in [-0.25, -0.2) is 0 Å². The molecule has 0 N–H and O–H groups in total. The van der Waals surface area contributed by atoms with E-state index in [1.807, 2.05) is 0 Å². The van der Waals surface area contributed by atoms with Gasteiger partial charge >= 0.3 is 0 Å². The monoisotopic (exact) mass is 400 g/mol. The van der Waals surface area contributed by atoms with Gasteiger partial charge in [-0.1, -0.05) is 50.1 Å². The van der Waals surface area contributed by atoms with Crippen LogP contribution in [-0.2, 0) is 0 Å². The van der Waals surface area contributed by atoms with Crippen LogP contribution in [0.15, 0.2) is 39.3 Å². The smallest absolute Gasteiger partial charge is 0.0851 e. The molecule has 0 nitrogen and oxygen atoms in total. The SMILES string of the molecule is Cc1cc(Br)c(C(Cl)c2c(C)cccc2C)cc1Br. The Morgan fingerprint density at radius 1 is 0.895 bits per heavy atom. The highest BCUT2D eigenvalue weighted by Crippen LogP contribution is 2.39. The van der Waals surface area contributed by atoms with Crippen molar-refractivity contribution in [2.75, 3.05) is 0 Å². The number of hydrogen-bond acceptors (Lipinski definition) is 0. The molecule has 0 saturated carbocycles. The van der Waals surface area contributed by atoms with Gasteiger partial charge in [-0.05, 0) is 60.7 Å². The Balaban J connectivity index is 2.56. The lowest BCUT2D eigenvalue weighted by Crippen LogP contribution is -2.01. The third-order valence-corrected chi connectivity index (χ3v) is 5.34. The van der Waals surface area contributed by atoms with Crippen LogP contribution in [-0.4, -0.2) is 0 Å². The summed E-state index contributed by atoms with van der Waals surface area (Å²) in [6, 6.07) is 10.5. The highest BCUT2D eigenvalue weighted by atomic mass is 79.9. The van der Waals surface area contributed by atoms with Crippen LogP contribution in [0.4, 0.5) is 0 Å². The molecule has 0 bridgehead atoms. The van der Waals surface area contributed by atoms with Crippen molar-refractivity contribution < 1.29 is 0 Å². The number of rotatable bonds is 2. The van der Waals surface area contributed by atoms with Crippen molar-refractivity contribution in [2.45, 2.75) is 26.1 Å². The van der Waals surface area contributed by atoms with Gasteiger partial charge in [0.15, 0.2) is 0 Å². The summed E-state index contributed by atoms with van der Waals surface area (Å²) in [4.78, 5) is 0. The molecule has 0 aromatic heterocycles. The van der Waals surface area contributed by atoms with E-state index in [0.29, 0.717) is 0 Å². The summed E-state index contributed by atoms with van der Waals surface area (Å²) in [6.45, 7) is 6.28. The Kier molecular flexibility index (Phi) is 4.75. The largest absolute Gasteiger partial charge is 0.113 e. The Morgan fingerprint density at radius 2 is 1.47 bits per heavy atom. The Labute approximate surface area is 136 Å². The van der Waals surface area contributed by atoms with Crippen molar-refractivity contribution in [1.82, 2.24) is 0 Å². The summed E-state index contributed by atoms with van der Waals surface area (Å²) in [5.74, 6) is 0. The average molecular weight is 403 g/mol. The third kappa shape index (κ3) is 3.07. The summed E-state index contributed by atoms with van der Waals surface area (Å²) in [7, 11) is 0. The number of alkyl halides is 1. The van der Waals surface area contributed by atoms with Crippen LogP contribution in [0.25, 0.3) is 0 Å². The van der Waals surface area contributed by atoms with Crippen LogP contribution < -0.4 is 0 Å². The number of benzene rings is 2. The lowest BCUT2D eigenvalue weighted by molar-refractivity contribution is 1.07. The predicted molar refractivity (Wildman–Crippen MR) is 90.2 cm³/mol. The molecular formula is C16H15Br2Cl. The molecule has 0 radical (unpaired) electrons. The van der Waals surface area contributed by atoms with Gasteiger partial charge in [0.1, 0.15) is 0 Å². The normalized spacial score (nSPS) is 12.5. The maximum atomic E-state index is 6.72. The third-order valence-electron chi connectivity index (χ3n) is 3.35. The first kappa shape index (κ1) is 15.1. The molecule has 2 rings (SSSR count). The maximum absolute atomic E-state index is 6.72. The van der Waals surface area contributed by atoms with Crippen LogP contribution in [0.5, 0.6) is 0 Å². The van der Waals surface area contributed by atoms with Gasteiger partial charge in [0.05, 0.1) is 5.38 Å². The minimum atomic E-state index is -0.146. The molecule has 3 heteroatoms. The van der Waals surface area contributed by atoms with E-state index in [4.69, 9.17) is 11.6 Å². The summed E-state index contributed by atoms with van der Waals surface area (Å²) >= 11 is 13.9. The van der Waals surface area contributed by atoms with E-state index in [9.17, 15) is 0 Å². The first-order valence-electron chi connectivity index (χ1n) is 6.07. The molecule has 0 aliphatic rings. The minimum Gasteiger partial charge on any atom is -0.113 e. The van der Waals surface area contributed by atoms with Gasteiger partial charge in [-0.3, -0.25) is 0 Å². The molecule has 2 aromatic carbocycles. The van der Waals surface area contributed by atoms with Crippen LogP contribution in [0.1, 0.15) is 33.2 Å². The topological polar surface area (TPSA) is 0 Å². The molecule has 0 saturated heterocycles. The molecule has 19 heavy (non-hydrogen) atoms. The fraction of sp³-hybridized carbons (Fsp3) is 0.250. The zero-order valence-corrected chi connectivity index (χ0v) is 15.0. The van der Waals surface area contributed by atoms with E-state index >= 15 is 0 Å². The summed E-state index contributed by atoms with van der Waals surface area (Å²) in [5, 5.41) is -0.146. The summed E-state index contributed by atoms with van der Waals surface area (Å²) < 4.78 is 2.14. The molecule has 1 unspecified atom stereocenters. The van der Waals surface area contributed by atoms with Gasteiger partial charge in [0.25, 0.3) is 0 Å². The van der Waals surface area contributed by atoms with Gasteiger partial charge in [-0.15, -0.1) is 11.6 Å². The average Bonchev–Trinajstić information content (AvgIpc) is 2.33. The van der Waals surface area contributed by atoms with Crippen LogP contribution in [0, 0.1) is 20.8 Å². The maximum Gasteiger partial charge on any atom is 0.0851 e. The van der Waals surface area contributed by atoms with Crippen LogP contribution in [0.2, 0.25) is 0 Å². The second-order valence-corrected chi connectivity index (χ2v) is 6.94. The van der Waals surface area contributed by atoms with E-state index in [2.05, 4.69) is 83.0 Å². The number of aryl methyl sites for hydroxylation is 3. The summed E-state index contributed by atoms with van der Waals surface area (Å²) in [5.41, 5.74) is 5.94. The second kappa shape index (κ2) is 5.99. The molecule has 0 aliphatic heterocycles. The second-order valence-electron chi connectivity index (χ2n) is 4.79. The molecule has 0 aliphatic carbocycles. The zero-order valence-electron chi connectivity index (χ0n) is 11.1. The standard InChI is InChI=1S/C16H15Br2Cl/c1-9-5-4-6-10(2)15(9)16(19)12-8-13(17)11(3)7-14(12)18/h4-8,16H,1-3H3. The van der Waals surface area contributed by atoms with E-state index < -0.39 is 0 Å². The zero-order chi connectivity index (χ0) is 14.2. The summed E-state index contributed by atoms with van der Waals surface area (Å²) in [6.07, 6.45) is 0. The highest BCUT2D eigenvalue weighted by Gasteiger charge is 2.18. The van der Waals surface area contributed by atoms with E-state index in [1.54, 1.807) is 0 Å². The van der Waals surface area contributed by atoms with Crippen molar-refractivity contribution in [3.05, 3.63) is 67.1 Å². The van der Waals surface area contributed by atoms with E-state index in [1.165, 1.54) is 22.3 Å². The van der Waals surface area contributed by atoms with Crippen molar-refractivity contribution >= 4 is 43.5 Å². The molecule has 0 amide bonds. The molecule has 0 fully saturated rings. The van der Waals surface area contributed by atoms with Crippen LogP contribution in [0.3, 0.4) is 0 Å². The van der Waals surface area contributed by atoms with Crippen molar-refractivity contribution in [1.29, 1.82) is 0 Å². The molecule has 0 spiro atoms. The molecule has 100 valence electrons. The van der Waals surface area contributed by atoms with Gasteiger partial charge in [-0.2, -0.15) is 0 Å². The van der Waals surface area contributed by atoms with Gasteiger partial charge in [0.2, 0.25) is 0 Å². The first-order chi connectivity index (χ1) is 8.91. The lowest BCUT2D eigenvalue weighted by Gasteiger charge is -2.18. The lowest BCUT2D eigenvalue weighted by atomic mass is 9.95. The quantitative estimate of drug-likeness (QED) is 0.505. The fourth-order valence-corrected chi connectivity index (χ4v) is 3.94. The Hall–Kier alpha value is -0.310. The van der Waals surface area contributed by atoms with Crippen molar-refractivity contribution in [3.63, 3.8) is 0 Å². The predicted octanol–water partition coefficient (Wildman–Crippen LogP) is 6.47. The number of hydrogen-bond donors (Lipinski definition) is 0. The van der Waals surface area contributed by atoms with E-state index in [0.717, 1.165) is 14.5 Å². The molecule has 1 atom stereocenters. The Bertz CT molecular complexity index is 600. The van der Waals surface area contributed by atoms with E-state index in [-0.39, 0.29) is 5.38 Å². The molecule has 2 aromatic rings. The number of halogens is 3. The van der Waals surface area contributed by atoms with Gasteiger partial charge < -0.3 is 0 Å². The molecular weight excluding hydrogens is 387 g/mol. The first-order valence-corrected chi connectivity index (χ1v) is 8.09. The van der Waals surface area contributed by atoms with Crippen molar-refractivity contribution in [3.8, 4) is 0 Å².